The van der Waals surface area contributed by atoms with Crippen LogP contribution in [0.15, 0.2) is 34.7 Å². The van der Waals surface area contributed by atoms with Crippen LogP contribution in [0, 0.1) is 0 Å². The van der Waals surface area contributed by atoms with Gasteiger partial charge in [-0.1, -0.05) is 72.7 Å². The van der Waals surface area contributed by atoms with E-state index < -0.39 is 11.4 Å². The molecule has 0 unspecified atom stereocenters. The average molecular weight is 460 g/mol. The van der Waals surface area contributed by atoms with Crippen LogP contribution in [0.1, 0.15) is 37.7 Å². The molecule has 164 valence electrons. The van der Waals surface area contributed by atoms with Crippen LogP contribution in [0.5, 0.6) is 0 Å². The number of carbonyl (C=O) groups is 3. The van der Waals surface area contributed by atoms with E-state index in [1.807, 2.05) is 18.2 Å². The average Bonchev–Trinajstić information content (AvgIpc) is 3.24. The first-order chi connectivity index (χ1) is 15.1. The van der Waals surface area contributed by atoms with Crippen molar-refractivity contribution in [2.75, 3.05) is 24.2 Å². The van der Waals surface area contributed by atoms with Gasteiger partial charge >= 0.3 is 0 Å². The van der Waals surface area contributed by atoms with Gasteiger partial charge in [0.15, 0.2) is 4.34 Å². The molecule has 0 radical (unpaired) electrons. The number of thioether (sulfide) groups is 1. The molecule has 1 aliphatic heterocycles. The number of rotatable bonds is 7. The van der Waals surface area contributed by atoms with Crippen LogP contribution in [-0.2, 0) is 20.8 Å². The molecule has 10 heteroatoms. The van der Waals surface area contributed by atoms with Gasteiger partial charge in [-0.15, -0.1) is 10.2 Å². The summed E-state index contributed by atoms with van der Waals surface area (Å²) in [6.45, 7) is 0.684. The molecule has 2 aromatic rings. The number of piperazine rings is 1. The maximum absolute atomic E-state index is 13.0. The Morgan fingerprint density at radius 2 is 1.94 bits per heavy atom. The van der Waals surface area contributed by atoms with Crippen LogP contribution < -0.4 is 10.6 Å². The minimum Gasteiger partial charge on any atom is -0.360 e. The van der Waals surface area contributed by atoms with Crippen molar-refractivity contribution in [2.45, 2.75) is 48.4 Å². The van der Waals surface area contributed by atoms with Crippen molar-refractivity contribution in [2.24, 2.45) is 0 Å². The number of anilines is 1. The molecule has 8 nitrogen and oxygen atoms in total. The lowest BCUT2D eigenvalue weighted by molar-refractivity contribution is -0.158. The standard InChI is InChI=1S/C21H25N5O3S2/c27-16-13-26(21(18(29)23-16)10-5-2-6-11-21)17(28)14-30-20-25-24-19(31-20)22-12-9-15-7-3-1-4-8-15/h1,3-4,7-8H,2,5-6,9-14H2,(H,22,24)(H,23,27,29). The maximum Gasteiger partial charge on any atom is 0.252 e. The van der Waals surface area contributed by atoms with Crippen molar-refractivity contribution in [3.8, 4) is 0 Å². The fourth-order valence-corrected chi connectivity index (χ4v) is 5.81. The molecule has 4 rings (SSSR count). The number of benzene rings is 1. The zero-order chi connectivity index (χ0) is 21.7. The summed E-state index contributed by atoms with van der Waals surface area (Å²) in [6.07, 6.45) is 4.91. The second kappa shape index (κ2) is 9.78. The lowest BCUT2D eigenvalue weighted by atomic mass is 9.78. The highest BCUT2D eigenvalue weighted by Crippen LogP contribution is 2.36. The minimum atomic E-state index is -0.880. The largest absolute Gasteiger partial charge is 0.360 e. The molecule has 2 N–H and O–H groups in total. The summed E-state index contributed by atoms with van der Waals surface area (Å²) in [5, 5.41) is 14.7. The van der Waals surface area contributed by atoms with Gasteiger partial charge in [-0.2, -0.15) is 0 Å². The smallest absolute Gasteiger partial charge is 0.252 e. The summed E-state index contributed by atoms with van der Waals surface area (Å²) in [5.74, 6) is -0.826. The van der Waals surface area contributed by atoms with E-state index in [4.69, 9.17) is 0 Å². The Bertz CT molecular complexity index is 944. The second-order valence-electron chi connectivity index (χ2n) is 7.77. The number of carbonyl (C=O) groups excluding carboxylic acids is 3. The summed E-state index contributed by atoms with van der Waals surface area (Å²) in [6, 6.07) is 10.2. The normalized spacial score (nSPS) is 18.1. The van der Waals surface area contributed by atoms with Gasteiger partial charge in [-0.25, -0.2) is 0 Å². The molecule has 2 aliphatic rings. The van der Waals surface area contributed by atoms with E-state index in [0.29, 0.717) is 22.3 Å². The third kappa shape index (κ3) is 5.07. The number of nitrogens with zero attached hydrogens (tertiary/aromatic N) is 3. The summed E-state index contributed by atoms with van der Waals surface area (Å²) in [5.41, 5.74) is 0.367. The molecule has 3 amide bonds. The second-order valence-corrected chi connectivity index (χ2v) is 9.97. The van der Waals surface area contributed by atoms with Crippen molar-refractivity contribution in [1.29, 1.82) is 0 Å². The molecule has 1 aliphatic carbocycles. The third-order valence-corrected chi connectivity index (χ3v) is 7.73. The van der Waals surface area contributed by atoms with Crippen molar-refractivity contribution < 1.29 is 14.4 Å². The van der Waals surface area contributed by atoms with Gasteiger partial charge in [-0.05, 0) is 24.8 Å². The Hall–Kier alpha value is -2.46. The van der Waals surface area contributed by atoms with Crippen LogP contribution in [0.2, 0.25) is 0 Å². The Labute approximate surface area is 189 Å². The molecular weight excluding hydrogens is 434 g/mol. The molecule has 1 saturated carbocycles. The van der Waals surface area contributed by atoms with Crippen LogP contribution in [0.3, 0.4) is 0 Å². The molecule has 31 heavy (non-hydrogen) atoms. The predicted octanol–water partition coefficient (Wildman–Crippen LogP) is 2.47. The maximum atomic E-state index is 13.0. The molecule has 1 spiro atoms. The lowest BCUT2D eigenvalue weighted by Gasteiger charge is -2.47. The number of imide groups is 1. The molecular formula is C21H25N5O3S2. The first-order valence-corrected chi connectivity index (χ1v) is 12.3. The quantitative estimate of drug-likeness (QED) is 0.484. The van der Waals surface area contributed by atoms with Gasteiger partial charge in [0.2, 0.25) is 16.9 Å². The number of amides is 3. The highest BCUT2D eigenvalue weighted by Gasteiger charge is 2.50. The fourth-order valence-electron chi connectivity index (χ4n) is 4.16. The van der Waals surface area contributed by atoms with Crippen molar-refractivity contribution in [3.63, 3.8) is 0 Å². The summed E-state index contributed by atoms with van der Waals surface area (Å²) < 4.78 is 0.682. The first kappa shape index (κ1) is 21.8. The number of hydrogen-bond donors (Lipinski definition) is 2. The van der Waals surface area contributed by atoms with Gasteiger partial charge < -0.3 is 10.2 Å². The summed E-state index contributed by atoms with van der Waals surface area (Å²) in [7, 11) is 0. The van der Waals surface area contributed by atoms with Crippen LogP contribution >= 0.6 is 23.1 Å². The summed E-state index contributed by atoms with van der Waals surface area (Å²) >= 11 is 2.69. The van der Waals surface area contributed by atoms with E-state index in [0.717, 1.165) is 32.2 Å². The molecule has 0 bridgehead atoms. The van der Waals surface area contributed by atoms with Crippen LogP contribution in [0.4, 0.5) is 5.13 Å². The lowest BCUT2D eigenvalue weighted by Crippen LogP contribution is -2.69. The van der Waals surface area contributed by atoms with Gasteiger partial charge in [0.1, 0.15) is 12.1 Å². The number of nitrogens with one attached hydrogen (secondary N) is 2. The third-order valence-electron chi connectivity index (χ3n) is 5.73. The molecule has 0 atom stereocenters. The Balaban J connectivity index is 1.31. The highest BCUT2D eigenvalue weighted by atomic mass is 32.2. The van der Waals surface area contributed by atoms with Gasteiger partial charge in [-0.3, -0.25) is 19.7 Å². The Kier molecular flexibility index (Phi) is 6.86. The van der Waals surface area contributed by atoms with E-state index in [1.165, 1.54) is 33.6 Å². The molecule has 1 aromatic heterocycles. The molecule has 1 saturated heterocycles. The van der Waals surface area contributed by atoms with E-state index in [1.54, 1.807) is 0 Å². The van der Waals surface area contributed by atoms with Gasteiger partial charge in [0.05, 0.1) is 5.75 Å². The summed E-state index contributed by atoms with van der Waals surface area (Å²) in [4.78, 5) is 39.0. The predicted molar refractivity (Wildman–Crippen MR) is 120 cm³/mol. The zero-order valence-corrected chi connectivity index (χ0v) is 18.8. The molecule has 2 fully saturated rings. The minimum absolute atomic E-state index is 0.0620. The van der Waals surface area contributed by atoms with E-state index >= 15 is 0 Å². The Morgan fingerprint density at radius 1 is 1.16 bits per heavy atom. The van der Waals surface area contributed by atoms with E-state index in [2.05, 4.69) is 33.0 Å². The monoisotopic (exact) mass is 459 g/mol. The highest BCUT2D eigenvalue weighted by molar-refractivity contribution is 8.01. The fraction of sp³-hybridized carbons (Fsp3) is 0.476. The van der Waals surface area contributed by atoms with Gasteiger partial charge in [0.25, 0.3) is 5.91 Å². The number of aromatic nitrogens is 2. The van der Waals surface area contributed by atoms with Crippen LogP contribution in [-0.4, -0.2) is 57.2 Å². The van der Waals surface area contributed by atoms with Gasteiger partial charge in [0, 0.05) is 6.54 Å². The van der Waals surface area contributed by atoms with Crippen molar-refractivity contribution >= 4 is 46.0 Å². The SMILES string of the molecule is O=C1CN(C(=O)CSc2nnc(NCCc3ccccc3)s2)C2(CCCCC2)C(=O)N1. The molecule has 1 aromatic carbocycles. The molecule has 2 heterocycles. The van der Waals surface area contributed by atoms with E-state index in [9.17, 15) is 14.4 Å². The van der Waals surface area contributed by atoms with Crippen molar-refractivity contribution in [1.82, 2.24) is 20.4 Å². The first-order valence-electron chi connectivity index (χ1n) is 10.5. The zero-order valence-electron chi connectivity index (χ0n) is 17.1. The van der Waals surface area contributed by atoms with Crippen LogP contribution in [0.25, 0.3) is 0 Å². The topological polar surface area (TPSA) is 104 Å². The Morgan fingerprint density at radius 3 is 2.71 bits per heavy atom. The number of hydrogen-bond acceptors (Lipinski definition) is 8. The van der Waals surface area contributed by atoms with Crippen molar-refractivity contribution in [3.05, 3.63) is 35.9 Å². The van der Waals surface area contributed by atoms with E-state index in [-0.39, 0.29) is 24.1 Å².